The number of halogens is 3. The molecule has 0 unspecified atom stereocenters. The molecule has 2 amide bonds. The van der Waals surface area contributed by atoms with Gasteiger partial charge in [0.1, 0.15) is 12.3 Å². The number of esters is 1. The van der Waals surface area contributed by atoms with Gasteiger partial charge in [-0.25, -0.2) is 4.79 Å². The molecule has 2 aromatic carbocycles. The fraction of sp³-hybridized carbons (Fsp3) is 0.486. The summed E-state index contributed by atoms with van der Waals surface area (Å²) in [5, 5.41) is 0. The average Bonchev–Trinajstić information content (AvgIpc) is 3.59. The Bertz CT molecular complexity index is 1800. The first-order valence-corrected chi connectivity index (χ1v) is 19.9. The summed E-state index contributed by atoms with van der Waals surface area (Å²) >= 11 is 0. The van der Waals surface area contributed by atoms with E-state index in [-0.39, 0.29) is 31.1 Å². The van der Waals surface area contributed by atoms with Gasteiger partial charge in [0, 0.05) is 46.5 Å². The zero-order valence-electron chi connectivity index (χ0n) is 29.1. The molecule has 0 bridgehead atoms. The first-order chi connectivity index (χ1) is 22.8. The lowest BCUT2D eigenvalue weighted by atomic mass is 10.0. The van der Waals surface area contributed by atoms with E-state index in [0.717, 1.165) is 29.3 Å². The number of benzene rings is 2. The number of ether oxygens (including phenoxy) is 3. The van der Waals surface area contributed by atoms with Gasteiger partial charge in [-0.15, -0.1) is 0 Å². The highest BCUT2D eigenvalue weighted by Crippen LogP contribution is 2.31. The molecule has 0 N–H and O–H groups in total. The molecule has 0 fully saturated rings. The maximum Gasteiger partial charge on any atom is 0.416 e. The van der Waals surface area contributed by atoms with Crippen LogP contribution in [0.3, 0.4) is 0 Å². The largest absolute Gasteiger partial charge is 0.466 e. The van der Waals surface area contributed by atoms with Crippen molar-refractivity contribution >= 4 is 42.7 Å². The van der Waals surface area contributed by atoms with E-state index >= 15 is 0 Å². The lowest BCUT2D eigenvalue weighted by Crippen LogP contribution is -2.32. The number of imidazole rings is 1. The molecule has 2 heterocycles. The van der Waals surface area contributed by atoms with Crippen molar-refractivity contribution in [1.82, 2.24) is 14.0 Å². The van der Waals surface area contributed by atoms with Crippen LogP contribution in [0.25, 0.3) is 16.6 Å². The molecule has 0 spiro atoms. The van der Waals surface area contributed by atoms with Gasteiger partial charge in [-0.1, -0.05) is 31.8 Å². The number of hydrogen-bond donors (Lipinski definition) is 0. The SMILES string of the molecule is CC(=O)OCCCn1c(=NC(=O)c2cccc(C(F)(F)F)c2)n(COCC[Si](C)(C)C)c2cc(C3=CN(C(=O)OC(C)(C)C)CC3)ccc21. The van der Waals surface area contributed by atoms with Gasteiger partial charge in [-0.2, -0.15) is 18.2 Å². The summed E-state index contributed by atoms with van der Waals surface area (Å²) in [5.41, 5.74) is 1.48. The summed E-state index contributed by atoms with van der Waals surface area (Å²) in [6.07, 6.45) is -2.33. The zero-order valence-corrected chi connectivity index (χ0v) is 30.1. The normalized spacial score (nSPS) is 14.4. The molecule has 1 aromatic heterocycles. The summed E-state index contributed by atoms with van der Waals surface area (Å²) < 4.78 is 60.8. The molecule has 0 radical (unpaired) electrons. The summed E-state index contributed by atoms with van der Waals surface area (Å²) in [5.74, 6) is -1.28. The predicted molar refractivity (Wildman–Crippen MR) is 182 cm³/mol. The minimum absolute atomic E-state index is 0.0269. The maximum absolute atomic E-state index is 13.5. The highest BCUT2D eigenvalue weighted by Gasteiger charge is 2.31. The van der Waals surface area contributed by atoms with E-state index in [4.69, 9.17) is 14.2 Å². The quantitative estimate of drug-likeness (QED) is 0.117. The van der Waals surface area contributed by atoms with Crippen molar-refractivity contribution in [3.8, 4) is 0 Å². The van der Waals surface area contributed by atoms with Crippen molar-refractivity contribution in [2.75, 3.05) is 19.8 Å². The summed E-state index contributed by atoms with van der Waals surface area (Å²) in [6, 6.07) is 10.8. The number of alkyl halides is 3. The van der Waals surface area contributed by atoms with Crippen molar-refractivity contribution < 1.29 is 41.8 Å². The van der Waals surface area contributed by atoms with E-state index in [0.29, 0.717) is 37.0 Å². The van der Waals surface area contributed by atoms with Crippen molar-refractivity contribution in [2.45, 2.75) is 91.3 Å². The van der Waals surface area contributed by atoms with E-state index in [2.05, 4.69) is 24.6 Å². The molecule has 49 heavy (non-hydrogen) atoms. The van der Waals surface area contributed by atoms with Gasteiger partial charge in [0.25, 0.3) is 5.91 Å². The Labute approximate surface area is 285 Å². The van der Waals surface area contributed by atoms with E-state index < -0.39 is 43.4 Å². The molecule has 0 atom stereocenters. The molecule has 4 rings (SSSR count). The Morgan fingerprint density at radius 1 is 0.959 bits per heavy atom. The molecule has 1 aliphatic rings. The molecular formula is C35H45F3N4O6Si. The van der Waals surface area contributed by atoms with Gasteiger partial charge in [-0.05, 0) is 81.1 Å². The van der Waals surface area contributed by atoms with Crippen LogP contribution < -0.4 is 5.62 Å². The van der Waals surface area contributed by atoms with E-state index in [1.807, 2.05) is 18.2 Å². The predicted octanol–water partition coefficient (Wildman–Crippen LogP) is 7.45. The Morgan fingerprint density at radius 3 is 2.35 bits per heavy atom. The van der Waals surface area contributed by atoms with Crippen LogP contribution in [0.4, 0.5) is 18.0 Å². The van der Waals surface area contributed by atoms with Gasteiger partial charge in [0.05, 0.1) is 23.2 Å². The maximum atomic E-state index is 13.5. The third-order valence-corrected chi connectivity index (χ3v) is 9.36. The number of carbonyl (C=O) groups is 3. The molecule has 0 saturated heterocycles. The number of amides is 2. The van der Waals surface area contributed by atoms with Crippen molar-refractivity contribution in [3.63, 3.8) is 0 Å². The van der Waals surface area contributed by atoms with E-state index in [1.165, 1.54) is 24.0 Å². The second-order valence-corrected chi connectivity index (χ2v) is 19.8. The fourth-order valence-electron chi connectivity index (χ4n) is 5.20. The van der Waals surface area contributed by atoms with Crippen molar-refractivity contribution in [1.29, 1.82) is 0 Å². The van der Waals surface area contributed by atoms with Crippen LogP contribution in [0.5, 0.6) is 0 Å². The first kappa shape index (κ1) is 37.6. The smallest absolute Gasteiger partial charge is 0.416 e. The van der Waals surface area contributed by atoms with Crippen molar-refractivity contribution in [3.05, 3.63) is 71.0 Å². The summed E-state index contributed by atoms with van der Waals surface area (Å²) in [6.45, 7) is 14.8. The van der Waals surface area contributed by atoms with Gasteiger partial charge in [-0.3, -0.25) is 19.1 Å². The summed E-state index contributed by atoms with van der Waals surface area (Å²) in [7, 11) is -1.44. The molecule has 3 aromatic rings. The molecule has 1 aliphatic heterocycles. The topological polar surface area (TPSA) is 104 Å². The minimum Gasteiger partial charge on any atom is -0.466 e. The summed E-state index contributed by atoms with van der Waals surface area (Å²) in [4.78, 5) is 43.6. The third-order valence-electron chi connectivity index (χ3n) is 7.66. The van der Waals surface area contributed by atoms with Crippen molar-refractivity contribution in [2.24, 2.45) is 4.99 Å². The highest BCUT2D eigenvalue weighted by molar-refractivity contribution is 6.76. The van der Waals surface area contributed by atoms with Gasteiger partial charge < -0.3 is 18.8 Å². The third kappa shape index (κ3) is 10.4. The van der Waals surface area contributed by atoms with Gasteiger partial charge in [0.15, 0.2) is 0 Å². The molecule has 10 nitrogen and oxygen atoms in total. The Kier molecular flexibility index (Phi) is 11.6. The van der Waals surface area contributed by atoms with E-state index in [1.54, 1.807) is 36.1 Å². The monoisotopic (exact) mass is 702 g/mol. The molecule has 0 aliphatic carbocycles. The molecule has 266 valence electrons. The Balaban J connectivity index is 1.84. The minimum atomic E-state index is -4.63. The van der Waals surface area contributed by atoms with Gasteiger partial charge >= 0.3 is 18.2 Å². The second-order valence-electron chi connectivity index (χ2n) is 14.2. The number of aryl methyl sites for hydroxylation is 1. The van der Waals surface area contributed by atoms with Gasteiger partial charge in [0.2, 0.25) is 5.62 Å². The zero-order chi connectivity index (χ0) is 36.1. The number of nitrogens with zero attached hydrogens (tertiary/aromatic N) is 4. The highest BCUT2D eigenvalue weighted by atomic mass is 28.3. The lowest BCUT2D eigenvalue weighted by Gasteiger charge is -2.23. The molecule has 0 saturated carbocycles. The van der Waals surface area contributed by atoms with Crippen LogP contribution in [0, 0.1) is 0 Å². The van der Waals surface area contributed by atoms with Crippen LogP contribution in [0.15, 0.2) is 53.7 Å². The Hall–Kier alpha value is -4.17. The van der Waals surface area contributed by atoms with Crippen LogP contribution in [-0.2, 0) is 38.5 Å². The van der Waals surface area contributed by atoms with Crippen LogP contribution in [0.2, 0.25) is 25.7 Å². The number of carbonyl (C=O) groups excluding carboxylic acids is 3. The molecular weight excluding hydrogens is 657 g/mol. The Morgan fingerprint density at radius 2 is 1.69 bits per heavy atom. The second kappa shape index (κ2) is 15.2. The lowest BCUT2D eigenvalue weighted by molar-refractivity contribution is -0.141. The number of hydrogen-bond acceptors (Lipinski definition) is 6. The number of rotatable bonds is 11. The van der Waals surface area contributed by atoms with E-state index in [9.17, 15) is 27.6 Å². The van der Waals surface area contributed by atoms with Crippen LogP contribution in [0.1, 0.15) is 62.0 Å². The number of aromatic nitrogens is 2. The first-order valence-electron chi connectivity index (χ1n) is 16.2. The number of fused-ring (bicyclic) bond motifs is 1. The van der Waals surface area contributed by atoms with Crippen LogP contribution >= 0.6 is 0 Å². The standard InChI is InChI=1S/C35H45F3N4O6Si/c1-24(43)47-17-9-15-41-29-13-12-25(27-14-16-40(22-27)33(45)48-34(2,3)4)21-30(29)42(23-46-18-19-49(5,6)7)32(41)39-31(44)26-10-8-11-28(20-26)35(36,37)38/h8,10-13,20-22H,9,14-19,23H2,1-7H3. The van der Waals surface area contributed by atoms with Crippen LogP contribution in [-0.4, -0.2) is 65.4 Å². The average molecular weight is 703 g/mol. The fourth-order valence-corrected chi connectivity index (χ4v) is 5.95. The molecule has 14 heteroatoms.